The zero-order valence-corrected chi connectivity index (χ0v) is 13.3. The van der Waals surface area contributed by atoms with Crippen LogP contribution >= 0.6 is 0 Å². The van der Waals surface area contributed by atoms with Gasteiger partial charge in [-0.1, -0.05) is 6.08 Å². The van der Waals surface area contributed by atoms with E-state index in [0.29, 0.717) is 25.2 Å². The van der Waals surface area contributed by atoms with E-state index in [1.54, 1.807) is 31.7 Å². The Morgan fingerprint density at radius 3 is 2.39 bits per heavy atom. The van der Waals surface area contributed by atoms with E-state index in [1.807, 2.05) is 0 Å². The van der Waals surface area contributed by atoms with Crippen LogP contribution in [0.25, 0.3) is 5.57 Å². The first-order valence-electron chi connectivity index (χ1n) is 7.27. The minimum absolute atomic E-state index is 0.354. The van der Waals surface area contributed by atoms with Crippen molar-refractivity contribution in [3.05, 3.63) is 35.7 Å². The van der Waals surface area contributed by atoms with Gasteiger partial charge in [0.25, 0.3) is 0 Å². The van der Waals surface area contributed by atoms with Crippen LogP contribution in [-0.2, 0) is 10.9 Å². The molecule has 1 aromatic rings. The van der Waals surface area contributed by atoms with Gasteiger partial charge in [0, 0.05) is 19.3 Å². The van der Waals surface area contributed by atoms with E-state index in [4.69, 9.17) is 4.74 Å². The first kappa shape index (κ1) is 17.3. The molecule has 126 valence electrons. The molecule has 0 spiro atoms. The van der Waals surface area contributed by atoms with E-state index in [1.165, 1.54) is 6.07 Å². The molecule has 0 N–H and O–H groups in total. The van der Waals surface area contributed by atoms with Gasteiger partial charge in [-0.2, -0.15) is 13.2 Å². The summed E-state index contributed by atoms with van der Waals surface area (Å²) >= 11 is 0. The number of hydrogen-bond acceptors (Lipinski definition) is 3. The Balaban J connectivity index is 2.03. The van der Waals surface area contributed by atoms with Crippen molar-refractivity contribution in [2.24, 2.45) is 0 Å². The van der Waals surface area contributed by atoms with Crippen LogP contribution in [-0.4, -0.2) is 34.7 Å². The second-order valence-corrected chi connectivity index (χ2v) is 6.34. The molecule has 1 aromatic heterocycles. The van der Waals surface area contributed by atoms with Gasteiger partial charge < -0.3 is 9.64 Å². The molecular weight excluding hydrogens is 309 g/mol. The van der Waals surface area contributed by atoms with Crippen molar-refractivity contribution >= 4 is 11.7 Å². The average Bonchev–Trinajstić information content (AvgIpc) is 2.45. The normalized spacial score (nSPS) is 16.1. The van der Waals surface area contributed by atoms with E-state index < -0.39 is 23.4 Å². The van der Waals surface area contributed by atoms with Crippen LogP contribution in [0.15, 0.2) is 24.4 Å². The number of ether oxygens (including phenoxy) is 1. The summed E-state index contributed by atoms with van der Waals surface area (Å²) in [6.07, 6.45) is -1.63. The maximum atomic E-state index is 12.5. The molecule has 0 radical (unpaired) electrons. The smallest absolute Gasteiger partial charge is 0.417 e. The van der Waals surface area contributed by atoms with Gasteiger partial charge in [0.15, 0.2) is 0 Å². The number of halogens is 3. The molecular formula is C16H19F3N2O2. The average molecular weight is 328 g/mol. The molecule has 0 aliphatic carbocycles. The van der Waals surface area contributed by atoms with Gasteiger partial charge >= 0.3 is 12.3 Å². The summed E-state index contributed by atoms with van der Waals surface area (Å²) in [6.45, 7) is 6.18. The molecule has 2 rings (SSSR count). The Bertz CT molecular complexity index is 601. The third kappa shape index (κ3) is 4.71. The quantitative estimate of drug-likeness (QED) is 0.778. The largest absolute Gasteiger partial charge is 0.444 e. The van der Waals surface area contributed by atoms with Crippen molar-refractivity contribution in [3.63, 3.8) is 0 Å². The number of hydrogen-bond donors (Lipinski definition) is 0. The molecule has 0 fully saturated rings. The predicted molar refractivity (Wildman–Crippen MR) is 79.6 cm³/mol. The summed E-state index contributed by atoms with van der Waals surface area (Å²) in [5.74, 6) is 0. The zero-order valence-electron chi connectivity index (χ0n) is 13.3. The molecule has 1 aliphatic rings. The number of rotatable bonds is 1. The monoisotopic (exact) mass is 328 g/mol. The molecule has 0 saturated carbocycles. The first-order valence-corrected chi connectivity index (χ1v) is 7.27. The van der Waals surface area contributed by atoms with Crippen molar-refractivity contribution in [2.75, 3.05) is 13.1 Å². The Morgan fingerprint density at radius 2 is 1.96 bits per heavy atom. The summed E-state index contributed by atoms with van der Waals surface area (Å²) in [5, 5.41) is 0. The molecule has 7 heteroatoms. The summed E-state index contributed by atoms with van der Waals surface area (Å²) in [4.78, 5) is 17.4. The van der Waals surface area contributed by atoms with Crippen molar-refractivity contribution in [3.8, 4) is 0 Å². The summed E-state index contributed by atoms with van der Waals surface area (Å²) < 4.78 is 42.9. The standard InChI is InChI=1S/C16H19F3N2O2/c1-15(2,3)23-14(22)21-8-6-11(7-9-21)13-5-4-12(10-20-13)16(17,18)19/h4-6,10H,7-9H2,1-3H3. The molecule has 2 heterocycles. The summed E-state index contributed by atoms with van der Waals surface area (Å²) in [5.41, 5.74) is 0.00388. The van der Waals surface area contributed by atoms with Crippen molar-refractivity contribution < 1.29 is 22.7 Å². The number of amides is 1. The lowest BCUT2D eigenvalue weighted by Crippen LogP contribution is -2.39. The lowest BCUT2D eigenvalue weighted by molar-refractivity contribution is -0.137. The molecule has 23 heavy (non-hydrogen) atoms. The van der Waals surface area contributed by atoms with Crippen molar-refractivity contribution in [2.45, 2.75) is 39.0 Å². The zero-order chi connectivity index (χ0) is 17.3. The third-order valence-corrected chi connectivity index (χ3v) is 3.28. The SMILES string of the molecule is CC(C)(C)OC(=O)N1CC=C(c2ccc(C(F)(F)F)cn2)CC1. The number of aromatic nitrogens is 1. The first-order chi connectivity index (χ1) is 10.6. The number of carbonyl (C=O) groups is 1. The fourth-order valence-corrected chi connectivity index (χ4v) is 2.15. The van der Waals surface area contributed by atoms with Crippen molar-refractivity contribution in [1.82, 2.24) is 9.88 Å². The van der Waals surface area contributed by atoms with Gasteiger partial charge in [0.1, 0.15) is 5.60 Å². The fraction of sp³-hybridized carbons (Fsp3) is 0.500. The van der Waals surface area contributed by atoms with Crippen LogP contribution in [0.1, 0.15) is 38.4 Å². The van der Waals surface area contributed by atoms with Gasteiger partial charge in [-0.15, -0.1) is 0 Å². The van der Waals surface area contributed by atoms with Crippen LogP contribution in [0.3, 0.4) is 0 Å². The molecule has 0 bridgehead atoms. The van der Waals surface area contributed by atoms with Gasteiger partial charge in [-0.25, -0.2) is 4.79 Å². The highest BCUT2D eigenvalue weighted by Crippen LogP contribution is 2.30. The Morgan fingerprint density at radius 1 is 1.26 bits per heavy atom. The summed E-state index contributed by atoms with van der Waals surface area (Å²) in [7, 11) is 0. The minimum atomic E-state index is -4.39. The second kappa shape index (κ2) is 6.22. The third-order valence-electron chi connectivity index (χ3n) is 3.28. The molecule has 0 atom stereocenters. The lowest BCUT2D eigenvalue weighted by Gasteiger charge is -2.29. The highest BCUT2D eigenvalue weighted by atomic mass is 19.4. The second-order valence-electron chi connectivity index (χ2n) is 6.34. The number of carbonyl (C=O) groups excluding carboxylic acids is 1. The van der Waals surface area contributed by atoms with Gasteiger partial charge in [-0.3, -0.25) is 4.98 Å². The topological polar surface area (TPSA) is 42.4 Å². The van der Waals surface area contributed by atoms with Gasteiger partial charge in [0.05, 0.1) is 11.3 Å². The van der Waals surface area contributed by atoms with Crippen molar-refractivity contribution in [1.29, 1.82) is 0 Å². The summed E-state index contributed by atoms with van der Waals surface area (Å²) in [6, 6.07) is 2.38. The van der Waals surface area contributed by atoms with Crippen LogP contribution < -0.4 is 0 Å². The van der Waals surface area contributed by atoms with E-state index in [-0.39, 0.29) is 0 Å². The van der Waals surface area contributed by atoms with Gasteiger partial charge in [0.2, 0.25) is 0 Å². The van der Waals surface area contributed by atoms with E-state index in [9.17, 15) is 18.0 Å². The predicted octanol–water partition coefficient (Wildman–Crippen LogP) is 4.12. The molecule has 0 unspecified atom stereocenters. The van der Waals surface area contributed by atoms with E-state index >= 15 is 0 Å². The highest BCUT2D eigenvalue weighted by molar-refractivity contribution is 5.71. The van der Waals surface area contributed by atoms with E-state index in [2.05, 4.69) is 4.98 Å². The van der Waals surface area contributed by atoms with Crippen LogP contribution in [0.5, 0.6) is 0 Å². The Hall–Kier alpha value is -2.05. The maximum Gasteiger partial charge on any atom is 0.417 e. The molecule has 0 aromatic carbocycles. The fourth-order valence-electron chi connectivity index (χ4n) is 2.15. The Kier molecular flexibility index (Phi) is 4.68. The number of nitrogens with zero attached hydrogens (tertiary/aromatic N) is 2. The minimum Gasteiger partial charge on any atom is -0.444 e. The lowest BCUT2D eigenvalue weighted by atomic mass is 10.0. The van der Waals surface area contributed by atoms with E-state index in [0.717, 1.165) is 17.8 Å². The Labute approximate surface area is 133 Å². The maximum absolute atomic E-state index is 12.5. The molecule has 1 aliphatic heterocycles. The van der Waals surface area contributed by atoms with Crippen LogP contribution in [0.2, 0.25) is 0 Å². The van der Waals surface area contributed by atoms with Crippen LogP contribution in [0, 0.1) is 0 Å². The van der Waals surface area contributed by atoms with Gasteiger partial charge in [-0.05, 0) is 44.9 Å². The van der Waals surface area contributed by atoms with Crippen LogP contribution in [0.4, 0.5) is 18.0 Å². The molecule has 0 saturated heterocycles. The highest BCUT2D eigenvalue weighted by Gasteiger charge is 2.31. The number of pyridine rings is 1. The molecule has 4 nitrogen and oxygen atoms in total. The molecule has 1 amide bonds. The number of alkyl halides is 3.